The Kier molecular flexibility index (Phi) is 7.85. The van der Waals surface area contributed by atoms with E-state index in [4.69, 9.17) is 14.6 Å². The van der Waals surface area contributed by atoms with Crippen molar-refractivity contribution in [1.29, 1.82) is 0 Å². The number of carbonyl (C=O) groups excluding carboxylic acids is 1. The molecule has 0 aliphatic heterocycles. The van der Waals surface area contributed by atoms with E-state index in [2.05, 4.69) is 20.8 Å². The monoisotopic (exact) mass is 426 g/mol. The predicted octanol–water partition coefficient (Wildman–Crippen LogP) is 2.70. The van der Waals surface area contributed by atoms with Gasteiger partial charge in [0.05, 0.1) is 31.6 Å². The van der Waals surface area contributed by atoms with Crippen LogP contribution in [-0.4, -0.2) is 53.4 Å². The van der Waals surface area contributed by atoms with Gasteiger partial charge in [0.15, 0.2) is 0 Å². The number of aromatic nitrogens is 2. The molecular formula is C22H26N4O5. The molecule has 0 spiro atoms. The molecule has 2 aromatic carbocycles. The number of hydrogen-bond acceptors (Lipinski definition) is 6. The van der Waals surface area contributed by atoms with Crippen LogP contribution in [0, 0.1) is 0 Å². The molecule has 0 aliphatic rings. The number of benzene rings is 2. The largest absolute Gasteiger partial charge is 0.497 e. The average molecular weight is 426 g/mol. The Bertz CT molecular complexity index is 978. The lowest BCUT2D eigenvalue weighted by molar-refractivity contribution is 0.202. The van der Waals surface area contributed by atoms with Crippen LogP contribution in [0.1, 0.15) is 18.0 Å². The molecule has 9 heteroatoms. The quantitative estimate of drug-likeness (QED) is 0.339. The van der Waals surface area contributed by atoms with E-state index < -0.39 is 12.1 Å². The number of carbonyl (C=O) groups is 1. The second kappa shape index (κ2) is 11.0. The van der Waals surface area contributed by atoms with Crippen LogP contribution in [0.15, 0.2) is 54.9 Å². The SMILES string of the molecule is COc1cccc(C(CCO)NC(=O)Nc2ccc(-c3cn[nH]c3)cc2OCCO)c1. The molecule has 31 heavy (non-hydrogen) atoms. The van der Waals surface area contributed by atoms with Gasteiger partial charge in [-0.3, -0.25) is 5.10 Å². The summed E-state index contributed by atoms with van der Waals surface area (Å²) in [6.45, 7) is -0.162. The summed E-state index contributed by atoms with van der Waals surface area (Å²) >= 11 is 0. The van der Waals surface area contributed by atoms with E-state index in [0.717, 1.165) is 16.7 Å². The molecule has 0 saturated heterocycles. The number of urea groups is 1. The van der Waals surface area contributed by atoms with Crippen LogP contribution in [0.3, 0.4) is 0 Å². The lowest BCUT2D eigenvalue weighted by Gasteiger charge is -2.20. The molecule has 1 unspecified atom stereocenters. The van der Waals surface area contributed by atoms with Gasteiger partial charge in [0.2, 0.25) is 0 Å². The maximum Gasteiger partial charge on any atom is 0.319 e. The Morgan fingerprint density at radius 1 is 1.16 bits per heavy atom. The molecule has 1 aromatic heterocycles. The van der Waals surface area contributed by atoms with E-state index in [1.807, 2.05) is 30.3 Å². The van der Waals surface area contributed by atoms with Crippen LogP contribution in [0.25, 0.3) is 11.1 Å². The third kappa shape index (κ3) is 5.97. The van der Waals surface area contributed by atoms with Crippen molar-refractivity contribution in [2.24, 2.45) is 0 Å². The lowest BCUT2D eigenvalue weighted by Crippen LogP contribution is -2.33. The number of rotatable bonds is 10. The third-order valence-electron chi connectivity index (χ3n) is 4.63. The van der Waals surface area contributed by atoms with Crippen molar-refractivity contribution in [2.45, 2.75) is 12.5 Å². The van der Waals surface area contributed by atoms with Gasteiger partial charge in [-0.2, -0.15) is 5.10 Å². The summed E-state index contributed by atoms with van der Waals surface area (Å²) in [6.07, 6.45) is 3.77. The highest BCUT2D eigenvalue weighted by molar-refractivity contribution is 5.91. The van der Waals surface area contributed by atoms with Gasteiger partial charge in [0.1, 0.15) is 18.1 Å². The first-order valence-corrected chi connectivity index (χ1v) is 9.83. The maximum absolute atomic E-state index is 12.7. The van der Waals surface area contributed by atoms with Crippen molar-refractivity contribution < 1.29 is 24.5 Å². The Morgan fingerprint density at radius 2 is 2.03 bits per heavy atom. The highest BCUT2D eigenvalue weighted by Gasteiger charge is 2.17. The number of ether oxygens (including phenoxy) is 2. The standard InChI is InChI=1S/C22H26N4O5/c1-30-18-4-2-3-16(11-18)19(7-8-27)25-22(29)26-20-6-5-15(17-13-23-24-14-17)12-21(20)31-10-9-28/h2-6,11-14,19,27-28H,7-10H2,1H3,(H,23,24)(H2,25,26,29). The summed E-state index contributed by atoms with van der Waals surface area (Å²) in [5.41, 5.74) is 2.98. The van der Waals surface area contributed by atoms with E-state index in [9.17, 15) is 9.90 Å². The van der Waals surface area contributed by atoms with E-state index in [1.165, 1.54) is 0 Å². The first-order chi connectivity index (χ1) is 15.1. The summed E-state index contributed by atoms with van der Waals surface area (Å²) < 4.78 is 10.9. The summed E-state index contributed by atoms with van der Waals surface area (Å²) in [5, 5.41) is 30.9. The third-order valence-corrected chi connectivity index (χ3v) is 4.63. The summed E-state index contributed by atoms with van der Waals surface area (Å²) in [6, 6.07) is 11.8. The van der Waals surface area contributed by atoms with Gasteiger partial charge >= 0.3 is 6.03 Å². The van der Waals surface area contributed by atoms with E-state index in [0.29, 0.717) is 23.6 Å². The summed E-state index contributed by atoms with van der Waals surface area (Å²) in [4.78, 5) is 12.7. The number of amides is 2. The predicted molar refractivity (Wildman–Crippen MR) is 116 cm³/mol. The van der Waals surface area contributed by atoms with Crippen molar-refractivity contribution in [2.75, 3.05) is 32.2 Å². The van der Waals surface area contributed by atoms with Crippen LogP contribution in [0.2, 0.25) is 0 Å². The summed E-state index contributed by atoms with van der Waals surface area (Å²) in [5.74, 6) is 1.08. The van der Waals surface area contributed by atoms with Gasteiger partial charge in [-0.15, -0.1) is 0 Å². The fraction of sp³-hybridized carbons (Fsp3) is 0.273. The number of methoxy groups -OCH3 is 1. The second-order valence-corrected chi connectivity index (χ2v) is 6.71. The number of H-pyrrole nitrogens is 1. The molecule has 1 heterocycles. The van der Waals surface area contributed by atoms with E-state index >= 15 is 0 Å². The topological polar surface area (TPSA) is 129 Å². The minimum Gasteiger partial charge on any atom is -0.497 e. The highest BCUT2D eigenvalue weighted by Crippen LogP contribution is 2.31. The highest BCUT2D eigenvalue weighted by atomic mass is 16.5. The van der Waals surface area contributed by atoms with Crippen LogP contribution < -0.4 is 20.1 Å². The molecule has 0 fully saturated rings. The number of hydrogen-bond donors (Lipinski definition) is 5. The zero-order valence-electron chi connectivity index (χ0n) is 17.2. The number of nitrogens with zero attached hydrogens (tertiary/aromatic N) is 1. The van der Waals surface area contributed by atoms with Crippen LogP contribution in [0.4, 0.5) is 10.5 Å². The van der Waals surface area contributed by atoms with Gasteiger partial charge in [0, 0.05) is 18.4 Å². The summed E-state index contributed by atoms with van der Waals surface area (Å²) in [7, 11) is 1.57. The van der Waals surface area contributed by atoms with Crippen molar-refractivity contribution in [1.82, 2.24) is 15.5 Å². The lowest BCUT2D eigenvalue weighted by atomic mass is 10.0. The zero-order chi connectivity index (χ0) is 22.1. The smallest absolute Gasteiger partial charge is 0.319 e. The number of aromatic amines is 1. The van der Waals surface area contributed by atoms with Crippen molar-refractivity contribution in [3.63, 3.8) is 0 Å². The zero-order valence-corrected chi connectivity index (χ0v) is 17.2. The van der Waals surface area contributed by atoms with Crippen molar-refractivity contribution in [3.8, 4) is 22.6 Å². The fourth-order valence-corrected chi connectivity index (χ4v) is 3.12. The second-order valence-electron chi connectivity index (χ2n) is 6.71. The van der Waals surface area contributed by atoms with Gasteiger partial charge in [-0.1, -0.05) is 18.2 Å². The molecule has 0 aliphatic carbocycles. The van der Waals surface area contributed by atoms with Crippen molar-refractivity contribution >= 4 is 11.7 Å². The number of aliphatic hydroxyl groups is 2. The molecule has 5 N–H and O–H groups in total. The first kappa shape index (κ1) is 22.1. The Labute approximate surface area is 180 Å². The fourth-order valence-electron chi connectivity index (χ4n) is 3.12. The molecule has 164 valence electrons. The van der Waals surface area contributed by atoms with E-state index in [-0.39, 0.29) is 19.8 Å². The molecule has 0 radical (unpaired) electrons. The Morgan fingerprint density at radius 3 is 2.74 bits per heavy atom. The van der Waals surface area contributed by atoms with Gasteiger partial charge in [0.25, 0.3) is 0 Å². The van der Waals surface area contributed by atoms with Gasteiger partial charge < -0.3 is 30.3 Å². The van der Waals surface area contributed by atoms with Crippen LogP contribution >= 0.6 is 0 Å². The minimum absolute atomic E-state index is 0.0854. The molecule has 1 atom stereocenters. The van der Waals surface area contributed by atoms with Crippen LogP contribution in [0.5, 0.6) is 11.5 Å². The molecule has 3 rings (SSSR count). The molecule has 9 nitrogen and oxygen atoms in total. The molecule has 3 aromatic rings. The molecule has 0 saturated carbocycles. The normalized spacial score (nSPS) is 11.6. The van der Waals surface area contributed by atoms with Crippen molar-refractivity contribution in [3.05, 3.63) is 60.4 Å². The Hall–Kier alpha value is -3.56. The van der Waals surface area contributed by atoms with E-state index in [1.54, 1.807) is 31.6 Å². The van der Waals surface area contributed by atoms with Crippen LogP contribution in [-0.2, 0) is 0 Å². The molecule has 2 amide bonds. The number of nitrogens with one attached hydrogen (secondary N) is 3. The molecule has 0 bridgehead atoms. The van der Waals surface area contributed by atoms with Gasteiger partial charge in [-0.05, 0) is 41.8 Å². The number of aliphatic hydroxyl groups excluding tert-OH is 2. The molecular weight excluding hydrogens is 400 g/mol. The minimum atomic E-state index is -0.453. The maximum atomic E-state index is 12.7. The number of anilines is 1. The first-order valence-electron chi connectivity index (χ1n) is 9.83. The Balaban J connectivity index is 1.77. The van der Waals surface area contributed by atoms with Gasteiger partial charge in [-0.25, -0.2) is 4.79 Å². The average Bonchev–Trinajstić information content (AvgIpc) is 3.33.